The number of fused-ring (bicyclic) bond motifs is 2. The molecule has 3 nitrogen and oxygen atoms in total. The van der Waals surface area contributed by atoms with Gasteiger partial charge in [-0.25, -0.2) is 4.58 Å². The van der Waals surface area contributed by atoms with Crippen molar-refractivity contribution in [1.29, 1.82) is 5.26 Å². The van der Waals surface area contributed by atoms with Gasteiger partial charge in [-0.2, -0.15) is 5.26 Å². The van der Waals surface area contributed by atoms with E-state index in [9.17, 15) is 5.26 Å². The van der Waals surface area contributed by atoms with E-state index in [2.05, 4.69) is 99.3 Å². The first-order chi connectivity index (χ1) is 14.3. The fourth-order valence-electron chi connectivity index (χ4n) is 4.47. The largest absolute Gasteiger partial charge is 0.378 e. The molecule has 2 aromatic carbocycles. The number of nitriles is 1. The zero-order valence-electron chi connectivity index (χ0n) is 18.6. The molecule has 0 radical (unpaired) electrons. The molecule has 30 heavy (non-hydrogen) atoms. The summed E-state index contributed by atoms with van der Waals surface area (Å²) in [6.07, 6.45) is 6.81. The fourth-order valence-corrected chi connectivity index (χ4v) is 7.54. The van der Waals surface area contributed by atoms with Crippen molar-refractivity contribution in [1.82, 2.24) is 0 Å². The van der Waals surface area contributed by atoms with Crippen LogP contribution in [-0.4, -0.2) is 46.6 Å². The molecule has 0 spiro atoms. The quantitative estimate of drug-likeness (QED) is 0.551. The highest BCUT2D eigenvalue weighted by Gasteiger charge is 2.40. The molecule has 0 saturated carbocycles. The number of hydrogen-bond donors (Lipinski definition) is 0. The normalized spacial score (nSPS) is 16.4. The summed E-state index contributed by atoms with van der Waals surface area (Å²) in [6, 6.07) is 17.2. The van der Waals surface area contributed by atoms with Gasteiger partial charge in [-0.05, 0) is 51.4 Å². The molecule has 0 N–H and O–H groups in total. The molecule has 0 atom stereocenters. The van der Waals surface area contributed by atoms with E-state index in [0.29, 0.717) is 0 Å². The van der Waals surface area contributed by atoms with Crippen LogP contribution in [0.2, 0.25) is 13.1 Å². The minimum Gasteiger partial charge on any atom is -0.378 e. The monoisotopic (exact) mass is 410 g/mol. The van der Waals surface area contributed by atoms with Crippen LogP contribution in [-0.2, 0) is 0 Å². The third-order valence-electron chi connectivity index (χ3n) is 6.24. The molecule has 0 bridgehead atoms. The summed E-state index contributed by atoms with van der Waals surface area (Å²) >= 11 is 0. The number of allylic oxidation sites excluding steroid dienone is 5. The molecule has 0 unspecified atom stereocenters. The van der Waals surface area contributed by atoms with Crippen molar-refractivity contribution in [2.45, 2.75) is 13.1 Å². The van der Waals surface area contributed by atoms with Crippen molar-refractivity contribution in [3.63, 3.8) is 0 Å². The highest BCUT2D eigenvalue weighted by Crippen LogP contribution is 2.42. The van der Waals surface area contributed by atoms with Crippen LogP contribution in [0.15, 0.2) is 71.5 Å². The van der Waals surface area contributed by atoms with Crippen LogP contribution in [0, 0.1) is 11.3 Å². The first kappa shape index (κ1) is 20.1. The average Bonchev–Trinajstić information content (AvgIpc) is 2.73. The van der Waals surface area contributed by atoms with Crippen LogP contribution in [0.5, 0.6) is 0 Å². The number of nitrogens with zero attached hydrogens (tertiary/aromatic N) is 3. The lowest BCUT2D eigenvalue weighted by atomic mass is 9.87. The van der Waals surface area contributed by atoms with Gasteiger partial charge in [0.25, 0.3) is 0 Å². The molecular weight excluding hydrogens is 382 g/mol. The van der Waals surface area contributed by atoms with Gasteiger partial charge in [-0.3, -0.25) is 0 Å². The Morgan fingerprint density at radius 3 is 2.37 bits per heavy atom. The molecule has 0 aromatic heterocycles. The van der Waals surface area contributed by atoms with E-state index in [1.54, 1.807) is 0 Å². The van der Waals surface area contributed by atoms with Crippen LogP contribution < -0.4 is 10.1 Å². The molecule has 1 heterocycles. The summed E-state index contributed by atoms with van der Waals surface area (Å²) in [4.78, 5) is 2.17. The Morgan fingerprint density at radius 1 is 0.967 bits per heavy atom. The summed E-state index contributed by atoms with van der Waals surface area (Å²) in [6.45, 7) is 4.88. The Bertz CT molecular complexity index is 1210. The number of hydrogen-bond acceptors (Lipinski definition) is 2. The van der Waals surface area contributed by atoms with E-state index in [1.807, 2.05) is 18.2 Å². The van der Waals surface area contributed by atoms with Gasteiger partial charge in [0, 0.05) is 37.5 Å². The SMILES string of the molecule is CN(C)c1ccc2c(c1)[Si](C)(C)C1=CC(=[N+](C)C)C=CC1=C2c1ccccc1C#N. The number of anilines is 1. The van der Waals surface area contributed by atoms with Gasteiger partial charge in [-0.15, -0.1) is 0 Å². The lowest BCUT2D eigenvalue weighted by Crippen LogP contribution is -2.49. The average molecular weight is 411 g/mol. The molecule has 0 fully saturated rings. The molecular formula is C26H28N3Si+. The topological polar surface area (TPSA) is 30.0 Å². The van der Waals surface area contributed by atoms with Gasteiger partial charge in [0.15, 0.2) is 5.71 Å². The predicted octanol–water partition coefficient (Wildman–Crippen LogP) is 4.10. The van der Waals surface area contributed by atoms with Crippen LogP contribution in [0.4, 0.5) is 5.69 Å². The van der Waals surface area contributed by atoms with E-state index in [0.717, 1.165) is 11.1 Å². The highest BCUT2D eigenvalue weighted by molar-refractivity contribution is 6.98. The van der Waals surface area contributed by atoms with Gasteiger partial charge in [-0.1, -0.05) is 37.4 Å². The molecule has 0 amide bonds. The molecule has 2 aromatic rings. The van der Waals surface area contributed by atoms with Crippen LogP contribution in [0.3, 0.4) is 0 Å². The maximum Gasteiger partial charge on any atom is 0.199 e. The number of benzene rings is 2. The van der Waals surface area contributed by atoms with E-state index in [-0.39, 0.29) is 0 Å². The Balaban J connectivity index is 2.13. The Hall–Kier alpha value is -3.16. The summed E-state index contributed by atoms with van der Waals surface area (Å²) in [5.74, 6) is 0. The van der Waals surface area contributed by atoms with Crippen molar-refractivity contribution in [2.75, 3.05) is 33.1 Å². The fraction of sp³-hybridized carbons (Fsp3) is 0.231. The Kier molecular flexibility index (Phi) is 4.87. The van der Waals surface area contributed by atoms with E-state index >= 15 is 0 Å². The molecule has 1 aliphatic carbocycles. The second kappa shape index (κ2) is 7.27. The standard InChI is InChI=1S/C26H28N3Si/c1-28(2)19-11-13-22-24(15-19)30(5,6)25-16-20(29(3)4)12-14-23(25)26(22)21-10-8-7-9-18(21)17-27/h7-16H,1-6H3/q+1. The predicted molar refractivity (Wildman–Crippen MR) is 129 cm³/mol. The van der Waals surface area contributed by atoms with Crippen LogP contribution in [0.1, 0.15) is 16.7 Å². The smallest absolute Gasteiger partial charge is 0.199 e. The zero-order chi connectivity index (χ0) is 21.6. The van der Waals surface area contributed by atoms with Crippen molar-refractivity contribution in [2.24, 2.45) is 0 Å². The molecule has 0 saturated heterocycles. The van der Waals surface area contributed by atoms with Crippen molar-refractivity contribution in [3.8, 4) is 6.07 Å². The van der Waals surface area contributed by atoms with Gasteiger partial charge >= 0.3 is 0 Å². The van der Waals surface area contributed by atoms with Gasteiger partial charge in [0.05, 0.1) is 11.6 Å². The van der Waals surface area contributed by atoms with E-state index in [4.69, 9.17) is 0 Å². The maximum atomic E-state index is 9.81. The summed E-state index contributed by atoms with van der Waals surface area (Å²) in [5, 5.41) is 12.7. The number of rotatable bonds is 2. The molecule has 2 aliphatic rings. The molecule has 4 rings (SSSR count). The van der Waals surface area contributed by atoms with E-state index < -0.39 is 8.07 Å². The lowest BCUT2D eigenvalue weighted by molar-refractivity contribution is -0.462. The van der Waals surface area contributed by atoms with Gasteiger partial charge in [0.1, 0.15) is 22.2 Å². The first-order valence-corrected chi connectivity index (χ1v) is 13.3. The minimum atomic E-state index is -1.95. The lowest BCUT2D eigenvalue weighted by Gasteiger charge is -2.38. The highest BCUT2D eigenvalue weighted by atomic mass is 28.3. The maximum absolute atomic E-state index is 9.81. The zero-order valence-corrected chi connectivity index (χ0v) is 19.6. The van der Waals surface area contributed by atoms with Crippen molar-refractivity contribution in [3.05, 3.63) is 88.2 Å². The second-order valence-electron chi connectivity index (χ2n) is 8.91. The van der Waals surface area contributed by atoms with Crippen LogP contribution >= 0.6 is 0 Å². The summed E-state index contributed by atoms with van der Waals surface area (Å²) in [5.41, 5.74) is 7.89. The third-order valence-corrected chi connectivity index (χ3v) is 9.76. The van der Waals surface area contributed by atoms with Crippen molar-refractivity contribution >= 4 is 30.2 Å². The van der Waals surface area contributed by atoms with Crippen molar-refractivity contribution < 1.29 is 4.58 Å². The Morgan fingerprint density at radius 2 is 1.70 bits per heavy atom. The van der Waals surface area contributed by atoms with E-state index in [1.165, 1.54) is 38.5 Å². The minimum absolute atomic E-state index is 0.721. The summed E-state index contributed by atoms with van der Waals surface area (Å²) < 4.78 is 2.17. The second-order valence-corrected chi connectivity index (χ2v) is 13.2. The van der Waals surface area contributed by atoms with Gasteiger partial charge < -0.3 is 4.90 Å². The first-order valence-electron chi connectivity index (χ1n) is 10.3. The van der Waals surface area contributed by atoms with Crippen LogP contribution in [0.25, 0.3) is 5.57 Å². The third kappa shape index (κ3) is 3.07. The molecule has 150 valence electrons. The van der Waals surface area contributed by atoms with Gasteiger partial charge in [0.2, 0.25) is 0 Å². The summed E-state index contributed by atoms with van der Waals surface area (Å²) in [7, 11) is 6.41. The molecule has 4 heteroatoms. The Labute approximate surface area is 180 Å². The molecule has 1 aliphatic heterocycles.